The molecule has 0 aliphatic carbocycles. The number of ether oxygens (including phenoxy) is 1. The van der Waals surface area contributed by atoms with Crippen LogP contribution in [-0.2, 0) is 0 Å². The smallest absolute Gasteiger partial charge is 0.254 e. The van der Waals surface area contributed by atoms with E-state index in [1.807, 2.05) is 12.1 Å². The van der Waals surface area contributed by atoms with Gasteiger partial charge < -0.3 is 15.4 Å². The van der Waals surface area contributed by atoms with E-state index in [-0.39, 0.29) is 11.9 Å². The molecule has 16 heavy (non-hydrogen) atoms. The average Bonchev–Trinajstić information content (AvgIpc) is 2.75. The Labute approximate surface area is 95.0 Å². The van der Waals surface area contributed by atoms with Crippen molar-refractivity contribution in [3.05, 3.63) is 29.8 Å². The van der Waals surface area contributed by atoms with Gasteiger partial charge in [0.25, 0.3) is 5.91 Å². The van der Waals surface area contributed by atoms with Crippen molar-refractivity contribution in [3.8, 4) is 5.75 Å². The van der Waals surface area contributed by atoms with Crippen molar-refractivity contribution in [2.75, 3.05) is 20.2 Å². The van der Waals surface area contributed by atoms with Gasteiger partial charge in [0.05, 0.1) is 7.11 Å². The molecule has 1 aliphatic rings. The van der Waals surface area contributed by atoms with Gasteiger partial charge in [-0.2, -0.15) is 0 Å². The van der Waals surface area contributed by atoms with Gasteiger partial charge in [-0.1, -0.05) is 6.07 Å². The maximum absolute atomic E-state index is 12.1. The van der Waals surface area contributed by atoms with Crippen molar-refractivity contribution in [3.63, 3.8) is 0 Å². The predicted octanol–water partition coefficient (Wildman–Crippen LogP) is 0.868. The fraction of sp³-hybridized carbons (Fsp3) is 0.417. The number of carbonyl (C=O) groups excluding carboxylic acids is 1. The highest BCUT2D eigenvalue weighted by Gasteiger charge is 2.24. The molecule has 1 aromatic rings. The fourth-order valence-electron chi connectivity index (χ4n) is 1.91. The zero-order valence-corrected chi connectivity index (χ0v) is 9.35. The molecule has 0 spiro atoms. The van der Waals surface area contributed by atoms with Crippen LogP contribution in [0.1, 0.15) is 16.8 Å². The van der Waals surface area contributed by atoms with Gasteiger partial charge in [0, 0.05) is 24.7 Å². The maximum atomic E-state index is 12.1. The summed E-state index contributed by atoms with van der Waals surface area (Å²) in [6.45, 7) is 1.40. The first-order valence-corrected chi connectivity index (χ1v) is 5.39. The second kappa shape index (κ2) is 4.53. The minimum atomic E-state index is 0.0341. The number of hydrogen-bond donors (Lipinski definition) is 1. The number of amides is 1. The van der Waals surface area contributed by atoms with Gasteiger partial charge in [0.15, 0.2) is 0 Å². The lowest BCUT2D eigenvalue weighted by atomic mass is 10.2. The van der Waals surface area contributed by atoms with Crippen molar-refractivity contribution < 1.29 is 9.53 Å². The first kappa shape index (κ1) is 11.0. The van der Waals surface area contributed by atoms with Crippen LogP contribution in [0.3, 0.4) is 0 Å². The lowest BCUT2D eigenvalue weighted by Gasteiger charge is -2.16. The van der Waals surface area contributed by atoms with E-state index < -0.39 is 0 Å². The molecular formula is C12H16N2O2. The van der Waals surface area contributed by atoms with Crippen LogP contribution >= 0.6 is 0 Å². The van der Waals surface area contributed by atoms with E-state index >= 15 is 0 Å². The van der Waals surface area contributed by atoms with Crippen molar-refractivity contribution >= 4 is 5.91 Å². The molecule has 1 atom stereocenters. The number of likely N-dealkylation sites (tertiary alicyclic amines) is 1. The third kappa shape index (κ3) is 2.17. The van der Waals surface area contributed by atoms with Crippen LogP contribution in [0.25, 0.3) is 0 Å². The Morgan fingerprint density at radius 2 is 2.38 bits per heavy atom. The Kier molecular flexibility index (Phi) is 3.10. The minimum absolute atomic E-state index is 0.0341. The SMILES string of the molecule is COc1cccc(C(=O)N2CC[C@H](N)C2)c1. The summed E-state index contributed by atoms with van der Waals surface area (Å²) in [5.74, 6) is 0.737. The molecule has 1 aliphatic heterocycles. The van der Waals surface area contributed by atoms with E-state index in [9.17, 15) is 4.79 Å². The molecule has 4 heteroatoms. The van der Waals surface area contributed by atoms with Crippen molar-refractivity contribution in [2.24, 2.45) is 5.73 Å². The zero-order valence-electron chi connectivity index (χ0n) is 9.35. The molecule has 1 heterocycles. The summed E-state index contributed by atoms with van der Waals surface area (Å²) < 4.78 is 5.09. The molecule has 0 radical (unpaired) electrons. The number of hydrogen-bond acceptors (Lipinski definition) is 3. The molecule has 0 bridgehead atoms. The molecule has 2 rings (SSSR count). The molecule has 1 amide bonds. The lowest BCUT2D eigenvalue weighted by Crippen LogP contribution is -2.31. The number of nitrogens with zero attached hydrogens (tertiary/aromatic N) is 1. The van der Waals surface area contributed by atoms with Crippen molar-refractivity contribution in [1.29, 1.82) is 0 Å². The minimum Gasteiger partial charge on any atom is -0.497 e. The van der Waals surface area contributed by atoms with Gasteiger partial charge in [0.1, 0.15) is 5.75 Å². The quantitative estimate of drug-likeness (QED) is 0.804. The predicted molar refractivity (Wildman–Crippen MR) is 61.5 cm³/mol. The lowest BCUT2D eigenvalue weighted by molar-refractivity contribution is 0.0790. The monoisotopic (exact) mass is 220 g/mol. The van der Waals surface area contributed by atoms with Gasteiger partial charge in [-0.3, -0.25) is 4.79 Å². The summed E-state index contributed by atoms with van der Waals surface area (Å²) in [5.41, 5.74) is 6.44. The topological polar surface area (TPSA) is 55.6 Å². The summed E-state index contributed by atoms with van der Waals surface area (Å²) >= 11 is 0. The fourth-order valence-corrected chi connectivity index (χ4v) is 1.91. The van der Waals surface area contributed by atoms with Crippen molar-refractivity contribution in [2.45, 2.75) is 12.5 Å². The number of methoxy groups -OCH3 is 1. The van der Waals surface area contributed by atoms with Crippen LogP contribution in [0.15, 0.2) is 24.3 Å². The summed E-state index contributed by atoms with van der Waals surface area (Å²) in [4.78, 5) is 13.9. The Morgan fingerprint density at radius 3 is 3.00 bits per heavy atom. The van der Waals surface area contributed by atoms with Gasteiger partial charge >= 0.3 is 0 Å². The molecule has 1 fully saturated rings. The van der Waals surface area contributed by atoms with Crippen molar-refractivity contribution in [1.82, 2.24) is 4.90 Å². The van der Waals surface area contributed by atoms with Crippen LogP contribution in [0.5, 0.6) is 5.75 Å². The Morgan fingerprint density at radius 1 is 1.56 bits per heavy atom. The van der Waals surface area contributed by atoms with E-state index in [0.29, 0.717) is 17.9 Å². The van der Waals surface area contributed by atoms with E-state index in [0.717, 1.165) is 13.0 Å². The summed E-state index contributed by atoms with van der Waals surface area (Å²) in [7, 11) is 1.59. The molecule has 2 N–H and O–H groups in total. The maximum Gasteiger partial charge on any atom is 0.254 e. The second-order valence-corrected chi connectivity index (χ2v) is 4.03. The van der Waals surface area contributed by atoms with Crippen LogP contribution in [0.2, 0.25) is 0 Å². The van der Waals surface area contributed by atoms with Crippen LogP contribution in [0.4, 0.5) is 0 Å². The molecule has 0 unspecified atom stereocenters. The first-order valence-electron chi connectivity index (χ1n) is 5.39. The summed E-state index contributed by atoms with van der Waals surface area (Å²) in [6.07, 6.45) is 0.885. The molecule has 1 aromatic carbocycles. The van der Waals surface area contributed by atoms with Crippen LogP contribution < -0.4 is 10.5 Å². The van der Waals surface area contributed by atoms with E-state index in [2.05, 4.69) is 0 Å². The third-order valence-corrected chi connectivity index (χ3v) is 2.83. The summed E-state index contributed by atoms with van der Waals surface area (Å²) in [5, 5.41) is 0. The largest absolute Gasteiger partial charge is 0.497 e. The van der Waals surface area contributed by atoms with Gasteiger partial charge in [0.2, 0.25) is 0 Å². The number of carbonyl (C=O) groups is 1. The number of benzene rings is 1. The highest BCUT2D eigenvalue weighted by atomic mass is 16.5. The van der Waals surface area contributed by atoms with Gasteiger partial charge in [-0.05, 0) is 24.6 Å². The highest BCUT2D eigenvalue weighted by Crippen LogP contribution is 2.16. The van der Waals surface area contributed by atoms with E-state index in [1.54, 1.807) is 24.1 Å². The van der Waals surface area contributed by atoms with E-state index in [4.69, 9.17) is 10.5 Å². The van der Waals surface area contributed by atoms with Crippen LogP contribution in [-0.4, -0.2) is 37.0 Å². The average molecular weight is 220 g/mol. The summed E-state index contributed by atoms with van der Waals surface area (Å²) in [6, 6.07) is 7.32. The first-order chi connectivity index (χ1) is 7.70. The molecule has 4 nitrogen and oxygen atoms in total. The standard InChI is InChI=1S/C12H16N2O2/c1-16-11-4-2-3-9(7-11)12(15)14-6-5-10(13)8-14/h2-4,7,10H,5-6,8,13H2,1H3/t10-/m0/s1. The number of rotatable bonds is 2. The Hall–Kier alpha value is -1.55. The van der Waals surface area contributed by atoms with Gasteiger partial charge in [-0.15, -0.1) is 0 Å². The van der Waals surface area contributed by atoms with E-state index in [1.165, 1.54) is 0 Å². The second-order valence-electron chi connectivity index (χ2n) is 4.03. The molecule has 1 saturated heterocycles. The number of nitrogens with two attached hydrogens (primary N) is 1. The highest BCUT2D eigenvalue weighted by molar-refractivity contribution is 5.94. The normalized spacial score (nSPS) is 19.9. The zero-order chi connectivity index (χ0) is 11.5. The molecule has 0 aromatic heterocycles. The van der Waals surface area contributed by atoms with Gasteiger partial charge in [-0.25, -0.2) is 0 Å². The molecule has 86 valence electrons. The Balaban J connectivity index is 2.14. The Bertz CT molecular complexity index is 392. The van der Waals surface area contributed by atoms with Crippen LogP contribution in [0, 0.1) is 0 Å². The molecule has 0 saturated carbocycles. The molecular weight excluding hydrogens is 204 g/mol. The third-order valence-electron chi connectivity index (χ3n) is 2.83.